The summed E-state index contributed by atoms with van der Waals surface area (Å²) in [6, 6.07) is 4.71. The molecule has 0 unspecified atom stereocenters. The summed E-state index contributed by atoms with van der Waals surface area (Å²) >= 11 is 0. The van der Waals surface area contributed by atoms with E-state index in [9.17, 15) is 27.5 Å². The minimum Gasteiger partial charge on any atom is -0.478 e. The number of nitrogens with zero attached hydrogens (tertiary/aromatic N) is 4. The number of carbonyl (C=O) groups excluding carboxylic acids is 1. The van der Waals surface area contributed by atoms with Crippen molar-refractivity contribution in [3.63, 3.8) is 0 Å². The Balaban J connectivity index is 1.75. The van der Waals surface area contributed by atoms with E-state index in [0.29, 0.717) is 16.8 Å². The molecule has 1 atom stereocenters. The van der Waals surface area contributed by atoms with Crippen LogP contribution in [0, 0.1) is 12.7 Å². The van der Waals surface area contributed by atoms with Gasteiger partial charge in [0.2, 0.25) is 5.88 Å². The number of halogens is 4. The Morgan fingerprint density at radius 1 is 1.21 bits per heavy atom. The number of aliphatic hydroxyl groups is 1. The number of likely N-dealkylation sites (tertiary alicyclic amines) is 1. The van der Waals surface area contributed by atoms with Crippen LogP contribution in [0.5, 0.6) is 5.88 Å². The molecule has 204 valence electrons. The number of rotatable bonds is 8. The second-order valence-corrected chi connectivity index (χ2v) is 9.23. The summed E-state index contributed by atoms with van der Waals surface area (Å²) in [6.07, 6.45) is -2.70. The number of ether oxygens (including phenoxy) is 1. The van der Waals surface area contributed by atoms with Gasteiger partial charge in [0.25, 0.3) is 12.3 Å². The largest absolute Gasteiger partial charge is 0.478 e. The molecule has 3 aromatic rings. The molecule has 0 aliphatic carbocycles. The standard InChI is InChI=1S/C26H29F4N5O3/c1-4-38-25-19(26(37)8-10-35(11-9-26)20(36)13-27)12-18-23(32-15(3)33-24(18)34-25)31-14(2)16-6-5-7-17(21(16)28)22(29)30/h5-7,12,14,22,37H,4,8-11,13H2,1-3H3,(H,31,32,33,34)/t14-/m1/s1. The summed E-state index contributed by atoms with van der Waals surface area (Å²) in [5.41, 5.74) is -1.47. The van der Waals surface area contributed by atoms with Crippen LogP contribution in [0.25, 0.3) is 11.0 Å². The molecule has 38 heavy (non-hydrogen) atoms. The van der Waals surface area contributed by atoms with Crippen LogP contribution in [-0.2, 0) is 10.4 Å². The molecule has 1 fully saturated rings. The van der Waals surface area contributed by atoms with Crippen LogP contribution in [-0.4, -0.2) is 57.2 Å². The van der Waals surface area contributed by atoms with Crippen LogP contribution < -0.4 is 10.1 Å². The molecule has 12 heteroatoms. The minimum atomic E-state index is -2.96. The zero-order valence-electron chi connectivity index (χ0n) is 21.3. The summed E-state index contributed by atoms with van der Waals surface area (Å²) in [7, 11) is 0. The zero-order chi connectivity index (χ0) is 27.6. The molecule has 1 amide bonds. The highest BCUT2D eigenvalue weighted by molar-refractivity contribution is 5.88. The van der Waals surface area contributed by atoms with Crippen LogP contribution in [0.4, 0.5) is 23.4 Å². The van der Waals surface area contributed by atoms with E-state index in [2.05, 4.69) is 20.3 Å². The number of aromatic nitrogens is 3. The highest BCUT2D eigenvalue weighted by Crippen LogP contribution is 2.40. The summed E-state index contributed by atoms with van der Waals surface area (Å²) in [5, 5.41) is 15.1. The first-order valence-electron chi connectivity index (χ1n) is 12.3. The SMILES string of the molecule is CCOc1nc2nc(C)nc(N[C@H](C)c3cccc(C(F)F)c3F)c2cc1C1(O)CCN(C(=O)CF)CC1. The summed E-state index contributed by atoms with van der Waals surface area (Å²) in [4.78, 5) is 26.5. The van der Waals surface area contributed by atoms with Gasteiger partial charge in [0, 0.05) is 24.2 Å². The maximum atomic E-state index is 14.8. The molecule has 1 aromatic carbocycles. The van der Waals surface area contributed by atoms with Crippen molar-refractivity contribution in [2.24, 2.45) is 0 Å². The number of fused-ring (bicyclic) bond motifs is 1. The Labute approximate surface area is 217 Å². The van der Waals surface area contributed by atoms with E-state index in [-0.39, 0.29) is 55.4 Å². The quantitative estimate of drug-likeness (QED) is 0.401. The van der Waals surface area contributed by atoms with Gasteiger partial charge in [-0.1, -0.05) is 18.2 Å². The Morgan fingerprint density at radius 2 is 1.89 bits per heavy atom. The number of hydrogen-bond donors (Lipinski definition) is 2. The Hall–Kier alpha value is -3.54. The van der Waals surface area contributed by atoms with Crippen LogP contribution in [0.15, 0.2) is 24.3 Å². The van der Waals surface area contributed by atoms with Crippen molar-refractivity contribution < 1.29 is 32.2 Å². The monoisotopic (exact) mass is 535 g/mol. The maximum Gasteiger partial charge on any atom is 0.266 e. The van der Waals surface area contributed by atoms with E-state index >= 15 is 0 Å². The fourth-order valence-electron chi connectivity index (χ4n) is 4.67. The van der Waals surface area contributed by atoms with Gasteiger partial charge >= 0.3 is 0 Å². The summed E-state index contributed by atoms with van der Waals surface area (Å²) in [5.74, 6) is -0.846. The lowest BCUT2D eigenvalue weighted by atomic mass is 9.84. The predicted molar refractivity (Wildman–Crippen MR) is 132 cm³/mol. The van der Waals surface area contributed by atoms with Crippen molar-refractivity contribution in [2.75, 3.05) is 31.7 Å². The lowest BCUT2D eigenvalue weighted by Crippen LogP contribution is -2.45. The van der Waals surface area contributed by atoms with Crippen molar-refractivity contribution in [3.05, 3.63) is 52.6 Å². The van der Waals surface area contributed by atoms with Crippen LogP contribution in [0.3, 0.4) is 0 Å². The molecule has 1 aliphatic heterocycles. The van der Waals surface area contributed by atoms with Crippen LogP contribution >= 0.6 is 0 Å². The van der Waals surface area contributed by atoms with Crippen LogP contribution in [0.1, 0.15) is 61.7 Å². The normalized spacial score (nSPS) is 16.1. The Morgan fingerprint density at radius 3 is 2.53 bits per heavy atom. The number of piperidine rings is 1. The molecule has 1 saturated heterocycles. The number of aryl methyl sites for hydroxylation is 1. The van der Waals surface area contributed by atoms with E-state index in [1.807, 2.05) is 0 Å². The molecule has 4 rings (SSSR count). The number of benzene rings is 1. The number of anilines is 1. The first-order valence-corrected chi connectivity index (χ1v) is 12.3. The topological polar surface area (TPSA) is 100 Å². The van der Waals surface area contributed by atoms with Gasteiger partial charge in [0.1, 0.15) is 17.5 Å². The average Bonchev–Trinajstić information content (AvgIpc) is 2.88. The first-order chi connectivity index (χ1) is 18.1. The fraction of sp³-hybridized carbons (Fsp3) is 0.462. The predicted octanol–water partition coefficient (Wildman–Crippen LogP) is 4.76. The minimum absolute atomic E-state index is 0.0369. The first kappa shape index (κ1) is 27.5. The summed E-state index contributed by atoms with van der Waals surface area (Å²) in [6.45, 7) is 4.48. The number of hydrogen-bond acceptors (Lipinski definition) is 7. The van der Waals surface area contributed by atoms with Gasteiger partial charge in [-0.15, -0.1) is 0 Å². The van der Waals surface area contributed by atoms with Gasteiger partial charge in [-0.3, -0.25) is 4.79 Å². The van der Waals surface area contributed by atoms with E-state index in [1.54, 1.807) is 26.8 Å². The number of nitrogens with one attached hydrogen (secondary N) is 1. The van der Waals surface area contributed by atoms with Crippen molar-refractivity contribution in [2.45, 2.75) is 51.7 Å². The lowest BCUT2D eigenvalue weighted by Gasteiger charge is -2.38. The molecule has 8 nitrogen and oxygen atoms in total. The molecule has 3 heterocycles. The molecular formula is C26H29F4N5O3. The molecule has 0 saturated carbocycles. The zero-order valence-corrected chi connectivity index (χ0v) is 21.3. The highest BCUT2D eigenvalue weighted by Gasteiger charge is 2.39. The molecule has 0 radical (unpaired) electrons. The van der Waals surface area contributed by atoms with E-state index in [0.717, 1.165) is 6.07 Å². The molecule has 0 spiro atoms. The van der Waals surface area contributed by atoms with Crippen molar-refractivity contribution in [1.29, 1.82) is 0 Å². The van der Waals surface area contributed by atoms with Gasteiger partial charge in [0.15, 0.2) is 12.3 Å². The summed E-state index contributed by atoms with van der Waals surface area (Å²) < 4.78 is 59.9. The van der Waals surface area contributed by atoms with Crippen LogP contribution in [0.2, 0.25) is 0 Å². The maximum absolute atomic E-state index is 14.8. The lowest BCUT2D eigenvalue weighted by molar-refractivity contribution is -0.136. The Bertz CT molecular complexity index is 1330. The van der Waals surface area contributed by atoms with Gasteiger partial charge in [-0.05, 0) is 39.7 Å². The number of alkyl halides is 3. The third kappa shape index (κ3) is 5.35. The third-order valence-electron chi connectivity index (χ3n) is 6.72. The van der Waals surface area contributed by atoms with Crippen molar-refractivity contribution in [1.82, 2.24) is 19.9 Å². The highest BCUT2D eigenvalue weighted by atomic mass is 19.3. The van der Waals surface area contributed by atoms with Gasteiger partial charge < -0.3 is 20.1 Å². The van der Waals surface area contributed by atoms with Crippen molar-refractivity contribution >= 4 is 22.8 Å². The van der Waals surface area contributed by atoms with E-state index < -0.39 is 42.0 Å². The number of amides is 1. The van der Waals surface area contributed by atoms with Gasteiger partial charge in [-0.25, -0.2) is 27.5 Å². The second-order valence-electron chi connectivity index (χ2n) is 9.23. The van der Waals surface area contributed by atoms with Gasteiger partial charge in [0.05, 0.1) is 29.2 Å². The second kappa shape index (κ2) is 11.1. The molecular weight excluding hydrogens is 506 g/mol. The average molecular weight is 536 g/mol. The smallest absolute Gasteiger partial charge is 0.266 e. The molecule has 1 aliphatic rings. The van der Waals surface area contributed by atoms with Gasteiger partial charge in [-0.2, -0.15) is 4.98 Å². The molecule has 0 bridgehead atoms. The van der Waals surface area contributed by atoms with E-state index in [4.69, 9.17) is 4.74 Å². The molecule has 2 N–H and O–H groups in total. The Kier molecular flexibility index (Phi) is 8.00. The third-order valence-corrected chi connectivity index (χ3v) is 6.72. The molecule has 2 aromatic heterocycles. The number of pyridine rings is 1. The van der Waals surface area contributed by atoms with E-state index in [1.165, 1.54) is 17.0 Å². The fourth-order valence-corrected chi connectivity index (χ4v) is 4.67. The number of carbonyl (C=O) groups is 1. The van der Waals surface area contributed by atoms with Crippen molar-refractivity contribution in [3.8, 4) is 5.88 Å².